The van der Waals surface area contributed by atoms with Crippen molar-refractivity contribution in [1.82, 2.24) is 10.6 Å². The molecule has 2 N–H and O–H groups in total. The van der Waals surface area contributed by atoms with E-state index < -0.39 is 0 Å². The van der Waals surface area contributed by atoms with Crippen LogP contribution in [-0.2, 0) is 4.79 Å². The molecule has 0 aromatic heterocycles. The predicted molar refractivity (Wildman–Crippen MR) is 95.5 cm³/mol. The van der Waals surface area contributed by atoms with Gasteiger partial charge in [0.25, 0.3) is 5.91 Å². The van der Waals surface area contributed by atoms with Gasteiger partial charge in [0.05, 0.1) is 0 Å². The number of nitrogens with one attached hydrogen (secondary N) is 2. The van der Waals surface area contributed by atoms with Gasteiger partial charge in [-0.25, -0.2) is 0 Å². The Labute approximate surface area is 143 Å². The minimum atomic E-state index is -0.0377. The van der Waals surface area contributed by atoms with Gasteiger partial charge in [0, 0.05) is 23.7 Å². The van der Waals surface area contributed by atoms with E-state index in [9.17, 15) is 9.59 Å². The summed E-state index contributed by atoms with van der Waals surface area (Å²) in [7, 11) is 0. The van der Waals surface area contributed by atoms with Crippen molar-refractivity contribution in [3.8, 4) is 0 Å². The lowest BCUT2D eigenvalue weighted by Crippen LogP contribution is -2.40. The Hall–Kier alpha value is -2.10. The molecule has 4 heteroatoms. The van der Waals surface area contributed by atoms with Crippen molar-refractivity contribution in [2.24, 2.45) is 5.92 Å². The molecule has 2 saturated carbocycles. The van der Waals surface area contributed by atoms with Gasteiger partial charge in [0.2, 0.25) is 5.91 Å². The van der Waals surface area contributed by atoms with Crippen molar-refractivity contribution in [2.75, 3.05) is 0 Å². The lowest BCUT2D eigenvalue weighted by atomic mass is 9.86. The van der Waals surface area contributed by atoms with Gasteiger partial charge >= 0.3 is 0 Å². The number of carbonyl (C=O) groups excluding carboxylic acids is 2. The highest BCUT2D eigenvalue weighted by atomic mass is 16.2. The van der Waals surface area contributed by atoms with Gasteiger partial charge in [-0.05, 0) is 55.4 Å². The predicted octanol–water partition coefficient (Wildman–Crippen LogP) is 3.29. The maximum atomic E-state index is 12.1. The van der Waals surface area contributed by atoms with Crippen molar-refractivity contribution in [3.63, 3.8) is 0 Å². The summed E-state index contributed by atoms with van der Waals surface area (Å²) < 4.78 is 0. The Morgan fingerprint density at radius 3 is 2.38 bits per heavy atom. The monoisotopic (exact) mass is 326 g/mol. The molecule has 0 aliphatic heterocycles. The quantitative estimate of drug-likeness (QED) is 0.816. The first kappa shape index (κ1) is 16.7. The molecule has 24 heavy (non-hydrogen) atoms. The second-order valence-corrected chi connectivity index (χ2v) is 7.08. The molecule has 0 bridgehead atoms. The molecule has 0 saturated heterocycles. The average Bonchev–Trinajstić information content (AvgIpc) is 3.39. The summed E-state index contributed by atoms with van der Waals surface area (Å²) in [5, 5.41) is 6.08. The Kier molecular flexibility index (Phi) is 5.34. The minimum Gasteiger partial charge on any atom is -0.350 e. The summed E-state index contributed by atoms with van der Waals surface area (Å²) in [5.41, 5.74) is 1.59. The van der Waals surface area contributed by atoms with E-state index >= 15 is 0 Å². The molecular weight excluding hydrogens is 300 g/mol. The SMILES string of the molecule is CC1CCCCC1NC(=O)/C=C/c1ccc(C(=O)NC2CC2)cc1. The van der Waals surface area contributed by atoms with Crippen molar-refractivity contribution >= 4 is 17.9 Å². The standard InChI is InChI=1S/C20H26N2O2/c1-14-4-2-3-5-18(14)22-19(23)13-8-15-6-9-16(10-7-15)20(24)21-17-11-12-17/h6-10,13-14,17-18H,2-5,11-12H2,1H3,(H,21,24)(H,22,23)/b13-8+. The van der Waals surface area contributed by atoms with E-state index in [1.807, 2.05) is 12.1 Å². The van der Waals surface area contributed by atoms with E-state index in [1.165, 1.54) is 19.3 Å². The summed E-state index contributed by atoms with van der Waals surface area (Å²) >= 11 is 0. The van der Waals surface area contributed by atoms with Gasteiger partial charge in [-0.1, -0.05) is 31.9 Å². The van der Waals surface area contributed by atoms with Crippen LogP contribution in [0.3, 0.4) is 0 Å². The molecule has 3 rings (SSSR count). The Morgan fingerprint density at radius 1 is 1.00 bits per heavy atom. The van der Waals surface area contributed by atoms with Gasteiger partial charge in [-0.2, -0.15) is 0 Å². The molecule has 1 aromatic carbocycles. The number of hydrogen-bond acceptors (Lipinski definition) is 2. The third kappa shape index (κ3) is 4.70. The second-order valence-electron chi connectivity index (χ2n) is 7.08. The van der Waals surface area contributed by atoms with E-state index in [1.54, 1.807) is 24.3 Å². The molecule has 2 fully saturated rings. The first-order chi connectivity index (χ1) is 11.6. The number of amides is 2. The molecular formula is C20H26N2O2. The molecule has 128 valence electrons. The topological polar surface area (TPSA) is 58.2 Å². The summed E-state index contributed by atoms with van der Waals surface area (Å²) in [4.78, 5) is 24.0. The van der Waals surface area contributed by atoms with Gasteiger partial charge in [0.15, 0.2) is 0 Å². The largest absolute Gasteiger partial charge is 0.350 e. The highest BCUT2D eigenvalue weighted by Gasteiger charge is 2.23. The summed E-state index contributed by atoms with van der Waals surface area (Å²) in [6, 6.07) is 8.01. The molecule has 0 spiro atoms. The molecule has 2 unspecified atom stereocenters. The third-order valence-electron chi connectivity index (χ3n) is 4.95. The third-order valence-corrected chi connectivity index (χ3v) is 4.95. The number of benzene rings is 1. The maximum Gasteiger partial charge on any atom is 0.251 e. The highest BCUT2D eigenvalue weighted by Crippen LogP contribution is 2.23. The Morgan fingerprint density at radius 2 is 1.71 bits per heavy atom. The molecule has 2 aliphatic rings. The smallest absolute Gasteiger partial charge is 0.251 e. The van der Waals surface area contributed by atoms with Crippen LogP contribution < -0.4 is 10.6 Å². The first-order valence-corrected chi connectivity index (χ1v) is 9.01. The van der Waals surface area contributed by atoms with Gasteiger partial charge in [-0.15, -0.1) is 0 Å². The van der Waals surface area contributed by atoms with Gasteiger partial charge < -0.3 is 10.6 Å². The van der Waals surface area contributed by atoms with Gasteiger partial charge in [0.1, 0.15) is 0 Å². The van der Waals surface area contributed by atoms with Crippen molar-refractivity contribution < 1.29 is 9.59 Å². The molecule has 2 atom stereocenters. The normalized spacial score (nSPS) is 23.9. The fourth-order valence-corrected chi connectivity index (χ4v) is 3.18. The zero-order valence-corrected chi connectivity index (χ0v) is 14.3. The lowest BCUT2D eigenvalue weighted by Gasteiger charge is -2.29. The van der Waals surface area contributed by atoms with E-state index in [0.29, 0.717) is 23.6 Å². The number of hydrogen-bond donors (Lipinski definition) is 2. The zero-order chi connectivity index (χ0) is 16.9. The molecule has 2 aliphatic carbocycles. The Bertz CT molecular complexity index is 617. The summed E-state index contributed by atoms with van der Waals surface area (Å²) in [5.74, 6) is 0.502. The van der Waals surface area contributed by atoms with E-state index in [2.05, 4.69) is 17.6 Å². The van der Waals surface area contributed by atoms with Crippen LogP contribution in [-0.4, -0.2) is 23.9 Å². The lowest BCUT2D eigenvalue weighted by molar-refractivity contribution is -0.117. The number of rotatable bonds is 5. The maximum absolute atomic E-state index is 12.1. The van der Waals surface area contributed by atoms with Crippen LogP contribution in [0.1, 0.15) is 61.4 Å². The van der Waals surface area contributed by atoms with Gasteiger partial charge in [-0.3, -0.25) is 9.59 Å². The highest BCUT2D eigenvalue weighted by molar-refractivity contribution is 5.95. The Balaban J connectivity index is 1.51. The molecule has 4 nitrogen and oxygen atoms in total. The molecule has 0 heterocycles. The fraction of sp³-hybridized carbons (Fsp3) is 0.500. The molecule has 1 aromatic rings. The van der Waals surface area contributed by atoms with Crippen LogP contribution in [0.15, 0.2) is 30.3 Å². The van der Waals surface area contributed by atoms with Crippen LogP contribution >= 0.6 is 0 Å². The minimum absolute atomic E-state index is 0.0166. The van der Waals surface area contributed by atoms with Crippen LogP contribution in [0.5, 0.6) is 0 Å². The second kappa shape index (κ2) is 7.65. The van der Waals surface area contributed by atoms with Crippen molar-refractivity contribution in [1.29, 1.82) is 0 Å². The van der Waals surface area contributed by atoms with Crippen molar-refractivity contribution in [2.45, 2.75) is 57.5 Å². The fourth-order valence-electron chi connectivity index (χ4n) is 3.18. The zero-order valence-electron chi connectivity index (χ0n) is 14.3. The van der Waals surface area contributed by atoms with E-state index in [0.717, 1.165) is 24.8 Å². The number of carbonyl (C=O) groups is 2. The van der Waals surface area contributed by atoms with Crippen LogP contribution in [0.4, 0.5) is 0 Å². The summed E-state index contributed by atoms with van der Waals surface area (Å²) in [6.07, 6.45) is 10.3. The van der Waals surface area contributed by atoms with Crippen LogP contribution in [0.25, 0.3) is 6.08 Å². The van der Waals surface area contributed by atoms with E-state index in [4.69, 9.17) is 0 Å². The van der Waals surface area contributed by atoms with Crippen molar-refractivity contribution in [3.05, 3.63) is 41.5 Å². The average molecular weight is 326 g/mol. The van der Waals surface area contributed by atoms with E-state index in [-0.39, 0.29) is 11.8 Å². The summed E-state index contributed by atoms with van der Waals surface area (Å²) in [6.45, 7) is 2.21. The first-order valence-electron chi connectivity index (χ1n) is 9.01. The molecule has 0 radical (unpaired) electrons. The molecule has 2 amide bonds. The van der Waals surface area contributed by atoms with Crippen LogP contribution in [0, 0.1) is 5.92 Å². The van der Waals surface area contributed by atoms with Crippen LogP contribution in [0.2, 0.25) is 0 Å².